The second kappa shape index (κ2) is 6.70. The number of amides is 3. The number of anilines is 2. The molecule has 1 spiro atoms. The maximum atomic E-state index is 14.0. The standard InChI is InChI=1S/C22H19N9O3/c1-10-3-4-13-12(5-10)22(21(34)30(13)7-14(23)32)6-15(33)28-19-16(22)11(2)29-31(19)20-17-18(25-8-24-17)26-9-27-20/h3-5,8-9H,6-7H2,1-2H3,(H2,23,32)(H,28,33)(H,24,25,26,27)/t22-/m1/s1. The number of primary amides is 1. The lowest BCUT2D eigenvalue weighted by Gasteiger charge is -2.33. The molecule has 0 saturated heterocycles. The van der Waals surface area contributed by atoms with Crippen molar-refractivity contribution in [3.8, 4) is 5.82 Å². The largest absolute Gasteiger partial charge is 0.368 e. The van der Waals surface area contributed by atoms with Gasteiger partial charge in [0.15, 0.2) is 11.5 Å². The molecular weight excluding hydrogens is 438 g/mol. The maximum absolute atomic E-state index is 14.0. The number of hydrogen-bond acceptors (Lipinski definition) is 7. The van der Waals surface area contributed by atoms with Gasteiger partial charge in [-0.1, -0.05) is 17.7 Å². The van der Waals surface area contributed by atoms with Gasteiger partial charge in [0.25, 0.3) is 0 Å². The van der Waals surface area contributed by atoms with Crippen LogP contribution in [0.2, 0.25) is 0 Å². The Hall–Kier alpha value is -4.61. The fraction of sp³-hybridized carbons (Fsp3) is 0.227. The zero-order valence-corrected chi connectivity index (χ0v) is 18.3. The van der Waals surface area contributed by atoms with Gasteiger partial charge in [-0.25, -0.2) is 15.0 Å². The Bertz CT molecular complexity index is 1550. The topological polar surface area (TPSA) is 165 Å². The molecule has 3 aromatic heterocycles. The minimum absolute atomic E-state index is 0.125. The number of aromatic nitrogens is 6. The van der Waals surface area contributed by atoms with Crippen molar-refractivity contribution in [3.63, 3.8) is 0 Å². The highest BCUT2D eigenvalue weighted by Gasteiger charge is 2.58. The first-order valence-corrected chi connectivity index (χ1v) is 10.6. The van der Waals surface area contributed by atoms with E-state index in [4.69, 9.17) is 5.73 Å². The number of hydrogen-bond donors (Lipinski definition) is 3. The molecule has 12 heteroatoms. The molecule has 0 bridgehead atoms. The summed E-state index contributed by atoms with van der Waals surface area (Å²) in [5.41, 5.74) is 8.30. The Labute approximate surface area is 192 Å². The van der Waals surface area contributed by atoms with E-state index in [2.05, 4.69) is 30.4 Å². The molecular formula is C22H19N9O3. The highest BCUT2D eigenvalue weighted by Crippen LogP contribution is 2.53. The molecule has 0 fully saturated rings. The molecule has 4 aromatic rings. The van der Waals surface area contributed by atoms with Crippen LogP contribution in [-0.4, -0.2) is 54.0 Å². The molecule has 0 saturated carbocycles. The lowest BCUT2D eigenvalue weighted by Crippen LogP contribution is -2.48. The minimum atomic E-state index is -1.35. The van der Waals surface area contributed by atoms with E-state index in [-0.39, 0.29) is 24.8 Å². The number of carbonyl (C=O) groups excluding carboxylic acids is 3. The van der Waals surface area contributed by atoms with Gasteiger partial charge >= 0.3 is 0 Å². The molecule has 0 radical (unpaired) electrons. The van der Waals surface area contributed by atoms with Gasteiger partial charge in [0.05, 0.1) is 12.0 Å². The van der Waals surface area contributed by atoms with Crippen LogP contribution in [0.5, 0.6) is 0 Å². The summed E-state index contributed by atoms with van der Waals surface area (Å²) in [5, 5.41) is 7.54. The molecule has 0 unspecified atom stereocenters. The zero-order valence-electron chi connectivity index (χ0n) is 18.3. The van der Waals surface area contributed by atoms with E-state index >= 15 is 0 Å². The van der Waals surface area contributed by atoms with Gasteiger partial charge in [-0.15, -0.1) is 0 Å². The number of aromatic amines is 1. The summed E-state index contributed by atoms with van der Waals surface area (Å²) in [5.74, 6) is -0.670. The van der Waals surface area contributed by atoms with Crippen molar-refractivity contribution in [2.75, 3.05) is 16.8 Å². The predicted octanol–water partition coefficient (Wildman–Crippen LogP) is 0.616. The summed E-state index contributed by atoms with van der Waals surface area (Å²) >= 11 is 0. The van der Waals surface area contributed by atoms with Crippen molar-refractivity contribution in [1.29, 1.82) is 0 Å². The Balaban J connectivity index is 1.66. The van der Waals surface area contributed by atoms with Crippen molar-refractivity contribution in [2.45, 2.75) is 25.7 Å². The van der Waals surface area contributed by atoms with Gasteiger partial charge in [0.2, 0.25) is 17.7 Å². The lowest BCUT2D eigenvalue weighted by atomic mass is 9.70. The SMILES string of the molecule is Cc1ccc2c(c1)[C@@]1(CC(=O)Nc3c1c(C)nn3-c1ncnc3nc[nH]c13)C(=O)N2CC(N)=O. The number of nitrogens with two attached hydrogens (primary N) is 1. The fourth-order valence-electron chi connectivity index (χ4n) is 5.13. The summed E-state index contributed by atoms with van der Waals surface area (Å²) in [4.78, 5) is 55.9. The van der Waals surface area contributed by atoms with E-state index in [1.807, 2.05) is 19.1 Å². The van der Waals surface area contributed by atoms with Crippen molar-refractivity contribution < 1.29 is 14.4 Å². The van der Waals surface area contributed by atoms with Gasteiger partial charge in [-0.2, -0.15) is 9.78 Å². The third-order valence-corrected chi connectivity index (χ3v) is 6.40. The molecule has 4 N–H and O–H groups in total. The molecule has 6 rings (SSSR count). The zero-order chi connectivity index (χ0) is 23.8. The number of benzene rings is 1. The van der Waals surface area contributed by atoms with Crippen LogP contribution in [0, 0.1) is 13.8 Å². The molecule has 3 amide bonds. The number of rotatable bonds is 3. The normalized spacial score (nSPS) is 18.9. The number of nitrogens with zero attached hydrogens (tertiary/aromatic N) is 6. The van der Waals surface area contributed by atoms with E-state index in [1.54, 1.807) is 13.0 Å². The number of carbonyl (C=O) groups is 3. The molecule has 12 nitrogen and oxygen atoms in total. The first-order valence-electron chi connectivity index (χ1n) is 10.6. The molecule has 5 heterocycles. The summed E-state index contributed by atoms with van der Waals surface area (Å²) in [6.45, 7) is 3.39. The molecule has 1 atom stereocenters. The summed E-state index contributed by atoms with van der Waals surface area (Å²) in [6.07, 6.45) is 2.73. The monoisotopic (exact) mass is 457 g/mol. The van der Waals surface area contributed by atoms with Crippen LogP contribution in [0.1, 0.15) is 28.8 Å². The van der Waals surface area contributed by atoms with E-state index in [0.717, 1.165) is 5.56 Å². The Morgan fingerprint density at radius 1 is 1.21 bits per heavy atom. The van der Waals surface area contributed by atoms with Gasteiger partial charge in [0, 0.05) is 17.7 Å². The van der Waals surface area contributed by atoms with E-state index in [0.29, 0.717) is 45.3 Å². The highest BCUT2D eigenvalue weighted by atomic mass is 16.2. The van der Waals surface area contributed by atoms with E-state index in [1.165, 1.54) is 22.2 Å². The smallest absolute Gasteiger partial charge is 0.243 e. The third kappa shape index (κ3) is 2.50. The maximum Gasteiger partial charge on any atom is 0.243 e. The van der Waals surface area contributed by atoms with Gasteiger partial charge in [0.1, 0.15) is 29.6 Å². The van der Waals surface area contributed by atoms with E-state index < -0.39 is 11.3 Å². The second-order valence-electron chi connectivity index (χ2n) is 8.53. The average Bonchev–Trinajstić information content (AvgIpc) is 3.45. The second-order valence-corrected chi connectivity index (χ2v) is 8.53. The van der Waals surface area contributed by atoms with Crippen molar-refractivity contribution >= 4 is 40.4 Å². The average molecular weight is 457 g/mol. The molecule has 0 aliphatic carbocycles. The van der Waals surface area contributed by atoms with E-state index in [9.17, 15) is 14.4 Å². The van der Waals surface area contributed by atoms with Crippen LogP contribution >= 0.6 is 0 Å². The first-order chi connectivity index (χ1) is 16.3. The minimum Gasteiger partial charge on any atom is -0.368 e. The Morgan fingerprint density at radius 3 is 2.82 bits per heavy atom. The van der Waals surface area contributed by atoms with Crippen molar-refractivity contribution in [3.05, 3.63) is 53.2 Å². The van der Waals surface area contributed by atoms with Gasteiger partial charge in [-0.05, 0) is 25.5 Å². The molecule has 2 aliphatic rings. The summed E-state index contributed by atoms with van der Waals surface area (Å²) in [7, 11) is 0. The van der Waals surface area contributed by atoms with Gasteiger partial charge in [-0.3, -0.25) is 14.4 Å². The van der Waals surface area contributed by atoms with Crippen LogP contribution < -0.4 is 16.0 Å². The summed E-state index contributed by atoms with van der Waals surface area (Å²) in [6, 6.07) is 5.52. The van der Waals surface area contributed by atoms with Gasteiger partial charge < -0.3 is 20.9 Å². The number of H-pyrrole nitrogens is 1. The lowest BCUT2D eigenvalue weighted by molar-refractivity contribution is -0.127. The van der Waals surface area contributed by atoms with Crippen LogP contribution in [0.25, 0.3) is 17.0 Å². The molecule has 170 valence electrons. The van der Waals surface area contributed by atoms with Crippen molar-refractivity contribution in [2.24, 2.45) is 5.73 Å². The fourth-order valence-corrected chi connectivity index (χ4v) is 5.13. The quantitative estimate of drug-likeness (QED) is 0.405. The molecule has 2 aliphatic heterocycles. The van der Waals surface area contributed by atoms with Crippen LogP contribution in [0.3, 0.4) is 0 Å². The number of nitrogens with one attached hydrogen (secondary N) is 2. The molecule has 34 heavy (non-hydrogen) atoms. The number of aryl methyl sites for hydroxylation is 2. The highest BCUT2D eigenvalue weighted by molar-refractivity contribution is 6.17. The Morgan fingerprint density at radius 2 is 2.03 bits per heavy atom. The molecule has 1 aromatic carbocycles. The predicted molar refractivity (Wildman–Crippen MR) is 120 cm³/mol. The van der Waals surface area contributed by atoms with Crippen LogP contribution in [0.4, 0.5) is 11.5 Å². The number of imidazole rings is 1. The van der Waals surface area contributed by atoms with Crippen LogP contribution in [-0.2, 0) is 19.8 Å². The first kappa shape index (κ1) is 20.0. The summed E-state index contributed by atoms with van der Waals surface area (Å²) < 4.78 is 1.49. The number of fused-ring (bicyclic) bond motifs is 5. The Kier molecular flexibility index (Phi) is 3.95. The van der Waals surface area contributed by atoms with Crippen LogP contribution in [0.15, 0.2) is 30.9 Å². The third-order valence-electron chi connectivity index (χ3n) is 6.40. The van der Waals surface area contributed by atoms with Crippen molar-refractivity contribution in [1.82, 2.24) is 29.7 Å².